The molecule has 0 aliphatic carbocycles. The fraction of sp³-hybridized carbons (Fsp3) is 0.167. The highest BCUT2D eigenvalue weighted by Gasteiger charge is 1.91. The predicted molar refractivity (Wildman–Crippen MR) is 54.3 cm³/mol. The van der Waals surface area contributed by atoms with Gasteiger partial charge in [0, 0.05) is 11.1 Å². The average Bonchev–Trinajstić information content (AvgIpc) is 2.11. The molecule has 0 aromatic carbocycles. The second kappa shape index (κ2) is 6.08. The molecule has 0 heteroatoms. The summed E-state index contributed by atoms with van der Waals surface area (Å²) in [5.74, 6) is 11.4. The van der Waals surface area contributed by atoms with E-state index in [4.69, 9.17) is 0 Å². The van der Waals surface area contributed by atoms with Gasteiger partial charge in [0.25, 0.3) is 0 Å². The van der Waals surface area contributed by atoms with E-state index in [0.29, 0.717) is 0 Å². The minimum Gasteiger partial charge on any atom is -0.101 e. The minimum absolute atomic E-state index is 0.835. The van der Waals surface area contributed by atoms with Crippen molar-refractivity contribution in [1.82, 2.24) is 0 Å². The zero-order valence-corrected chi connectivity index (χ0v) is 7.57. The lowest BCUT2D eigenvalue weighted by Gasteiger charge is -1.92. The zero-order chi connectivity index (χ0) is 9.40. The number of rotatable bonds is 2. The summed E-state index contributed by atoms with van der Waals surface area (Å²) >= 11 is 0. The highest BCUT2D eigenvalue weighted by atomic mass is 13.9. The summed E-state index contributed by atoms with van der Waals surface area (Å²) in [5.41, 5.74) is 1.67. The summed E-state index contributed by atoms with van der Waals surface area (Å²) in [6.07, 6.45) is 3.38. The SMILES string of the molecule is C=C/C(C#CC)=C(\C#CC)C=C. The third-order valence-electron chi connectivity index (χ3n) is 1.22. The van der Waals surface area contributed by atoms with E-state index in [-0.39, 0.29) is 0 Å². The summed E-state index contributed by atoms with van der Waals surface area (Å²) in [4.78, 5) is 0. The summed E-state index contributed by atoms with van der Waals surface area (Å²) in [6, 6.07) is 0. The molecule has 0 amide bonds. The van der Waals surface area contributed by atoms with Crippen LogP contribution >= 0.6 is 0 Å². The van der Waals surface area contributed by atoms with E-state index in [2.05, 4.69) is 36.8 Å². The molecule has 0 radical (unpaired) electrons. The molecule has 0 saturated carbocycles. The van der Waals surface area contributed by atoms with Crippen LogP contribution in [0.2, 0.25) is 0 Å². The Hall–Kier alpha value is -1.66. The van der Waals surface area contributed by atoms with Crippen molar-refractivity contribution in [2.24, 2.45) is 0 Å². The molecule has 0 aromatic rings. The van der Waals surface area contributed by atoms with Crippen molar-refractivity contribution >= 4 is 0 Å². The molecule has 0 atom stereocenters. The molecule has 0 saturated heterocycles. The Morgan fingerprint density at radius 1 is 0.917 bits per heavy atom. The Morgan fingerprint density at radius 3 is 1.42 bits per heavy atom. The second-order valence-electron chi connectivity index (χ2n) is 1.99. The third kappa shape index (κ3) is 2.95. The standard InChI is InChI=1S/C12H12/c1-5-9-11(7-3)12(8-4)10-6-2/h7-8H,3-4H2,1-2H3/b12-11+. The van der Waals surface area contributed by atoms with Gasteiger partial charge in [-0.2, -0.15) is 0 Å². The average molecular weight is 156 g/mol. The maximum Gasteiger partial charge on any atom is 0.0395 e. The van der Waals surface area contributed by atoms with Crippen LogP contribution in [-0.2, 0) is 0 Å². The normalized spacial score (nSPS) is 9.50. The first kappa shape index (κ1) is 10.3. The van der Waals surface area contributed by atoms with Crippen LogP contribution in [0.25, 0.3) is 0 Å². The maximum absolute atomic E-state index is 3.65. The minimum atomic E-state index is 0.835. The van der Waals surface area contributed by atoms with Gasteiger partial charge in [-0.15, -0.1) is 11.8 Å². The molecule has 12 heavy (non-hydrogen) atoms. The number of allylic oxidation sites excluding steroid dienone is 4. The van der Waals surface area contributed by atoms with Gasteiger partial charge < -0.3 is 0 Å². The van der Waals surface area contributed by atoms with Gasteiger partial charge in [0.1, 0.15) is 0 Å². The number of hydrogen-bond donors (Lipinski definition) is 0. The summed E-state index contributed by atoms with van der Waals surface area (Å²) in [5, 5.41) is 0. The summed E-state index contributed by atoms with van der Waals surface area (Å²) < 4.78 is 0. The van der Waals surface area contributed by atoms with Crippen molar-refractivity contribution < 1.29 is 0 Å². The quantitative estimate of drug-likeness (QED) is 0.426. The van der Waals surface area contributed by atoms with Crippen molar-refractivity contribution in [3.8, 4) is 23.7 Å². The van der Waals surface area contributed by atoms with Crippen LogP contribution in [0.1, 0.15) is 13.8 Å². The Labute approximate surface area is 74.7 Å². The Balaban J connectivity index is 5.18. The zero-order valence-electron chi connectivity index (χ0n) is 7.57. The Morgan fingerprint density at radius 2 is 1.25 bits per heavy atom. The van der Waals surface area contributed by atoms with Crippen molar-refractivity contribution in [3.63, 3.8) is 0 Å². The molecule has 0 spiro atoms. The first-order valence-corrected chi connectivity index (χ1v) is 3.64. The van der Waals surface area contributed by atoms with E-state index < -0.39 is 0 Å². The lowest BCUT2D eigenvalue weighted by Crippen LogP contribution is -1.79. The van der Waals surface area contributed by atoms with Gasteiger partial charge in [-0.1, -0.05) is 37.2 Å². The smallest absolute Gasteiger partial charge is 0.0395 e. The molecule has 0 N–H and O–H groups in total. The lowest BCUT2D eigenvalue weighted by molar-refractivity contribution is 1.66. The van der Waals surface area contributed by atoms with Gasteiger partial charge in [0.15, 0.2) is 0 Å². The topological polar surface area (TPSA) is 0 Å². The molecule has 0 fully saturated rings. The second-order valence-corrected chi connectivity index (χ2v) is 1.99. The molecule has 0 nitrogen and oxygen atoms in total. The lowest BCUT2D eigenvalue weighted by atomic mass is 10.1. The van der Waals surface area contributed by atoms with E-state index in [9.17, 15) is 0 Å². The highest BCUT2D eigenvalue weighted by molar-refractivity contribution is 5.52. The largest absolute Gasteiger partial charge is 0.101 e. The first-order valence-electron chi connectivity index (χ1n) is 3.64. The molecular formula is C12H12. The van der Waals surface area contributed by atoms with Gasteiger partial charge in [-0.3, -0.25) is 0 Å². The fourth-order valence-corrected chi connectivity index (χ4v) is 0.726. The molecule has 0 heterocycles. The molecule has 0 aliphatic heterocycles. The molecule has 0 bridgehead atoms. The van der Waals surface area contributed by atoms with Crippen molar-refractivity contribution in [2.45, 2.75) is 13.8 Å². The van der Waals surface area contributed by atoms with Crippen LogP contribution in [-0.4, -0.2) is 0 Å². The van der Waals surface area contributed by atoms with Gasteiger partial charge in [-0.05, 0) is 13.8 Å². The van der Waals surface area contributed by atoms with Crippen LogP contribution in [0, 0.1) is 23.7 Å². The van der Waals surface area contributed by atoms with Crippen molar-refractivity contribution in [2.75, 3.05) is 0 Å². The van der Waals surface area contributed by atoms with Crippen LogP contribution < -0.4 is 0 Å². The third-order valence-corrected chi connectivity index (χ3v) is 1.22. The molecule has 0 aliphatic rings. The van der Waals surface area contributed by atoms with E-state index in [1.54, 1.807) is 26.0 Å². The van der Waals surface area contributed by atoms with E-state index in [1.807, 2.05) is 0 Å². The molecular weight excluding hydrogens is 144 g/mol. The van der Waals surface area contributed by atoms with E-state index >= 15 is 0 Å². The summed E-state index contributed by atoms with van der Waals surface area (Å²) in [6.45, 7) is 10.9. The van der Waals surface area contributed by atoms with E-state index in [1.165, 1.54) is 0 Å². The van der Waals surface area contributed by atoms with Gasteiger partial charge in [-0.25, -0.2) is 0 Å². The van der Waals surface area contributed by atoms with Gasteiger partial charge in [0.2, 0.25) is 0 Å². The van der Waals surface area contributed by atoms with Crippen LogP contribution in [0.15, 0.2) is 36.5 Å². The fourth-order valence-electron chi connectivity index (χ4n) is 0.726. The molecule has 0 aromatic heterocycles. The number of hydrogen-bond acceptors (Lipinski definition) is 0. The van der Waals surface area contributed by atoms with Crippen molar-refractivity contribution in [1.29, 1.82) is 0 Å². The van der Waals surface area contributed by atoms with Crippen LogP contribution in [0.4, 0.5) is 0 Å². The Bertz CT molecular complexity index is 285. The van der Waals surface area contributed by atoms with Crippen LogP contribution in [0.5, 0.6) is 0 Å². The Kier molecular flexibility index (Phi) is 5.24. The highest BCUT2D eigenvalue weighted by Crippen LogP contribution is 2.04. The van der Waals surface area contributed by atoms with E-state index in [0.717, 1.165) is 11.1 Å². The van der Waals surface area contributed by atoms with Crippen LogP contribution in [0.3, 0.4) is 0 Å². The van der Waals surface area contributed by atoms with Gasteiger partial charge in [0.05, 0.1) is 0 Å². The van der Waals surface area contributed by atoms with Crippen molar-refractivity contribution in [3.05, 3.63) is 36.5 Å². The first-order chi connectivity index (χ1) is 5.79. The molecule has 0 unspecified atom stereocenters. The van der Waals surface area contributed by atoms with Gasteiger partial charge >= 0.3 is 0 Å². The molecule has 0 rings (SSSR count). The monoisotopic (exact) mass is 156 g/mol. The maximum atomic E-state index is 3.65. The summed E-state index contributed by atoms with van der Waals surface area (Å²) in [7, 11) is 0. The molecule has 60 valence electrons. The predicted octanol–water partition coefficient (Wildman–Crippen LogP) is 2.70.